The number of rotatable bonds is 9. The first-order valence-electron chi connectivity index (χ1n) is 10.5. The van der Waals surface area contributed by atoms with Gasteiger partial charge in [0.15, 0.2) is 0 Å². The van der Waals surface area contributed by atoms with Crippen molar-refractivity contribution in [2.75, 3.05) is 32.7 Å². The van der Waals surface area contributed by atoms with Gasteiger partial charge < -0.3 is 10.0 Å². The maximum Gasteiger partial charge on any atom is 0.120 e. The molecule has 1 aliphatic heterocycles. The van der Waals surface area contributed by atoms with Gasteiger partial charge in [0.1, 0.15) is 9.57 Å². The van der Waals surface area contributed by atoms with Crippen molar-refractivity contribution in [3.8, 4) is 16.2 Å². The van der Waals surface area contributed by atoms with Gasteiger partial charge in [-0.3, -0.25) is 4.90 Å². The number of phenolic OH excluding ortho intramolecular Hbond substituents is 1. The second kappa shape index (κ2) is 10.8. The monoisotopic (exact) mass is 436 g/mol. The van der Waals surface area contributed by atoms with E-state index >= 15 is 0 Å². The molecule has 0 unspecified atom stereocenters. The summed E-state index contributed by atoms with van der Waals surface area (Å²) >= 11 is 5.63. The summed E-state index contributed by atoms with van der Waals surface area (Å²) in [5.74, 6) is 0.407. The molecule has 1 fully saturated rings. The Morgan fingerprint density at radius 2 is 1.75 bits per heavy atom. The van der Waals surface area contributed by atoms with Crippen molar-refractivity contribution in [3.05, 3.63) is 33.1 Å². The standard InChI is InChI=1S/C22H32N2OS3/c1-3-5-6-7-8-19-21(27-28-22(19)26)17-9-10-20(25)18(15-17)16-24-13-11-23(4-2)12-14-24/h9-10,15,25H,3-8,11-14,16H2,1-2H3. The zero-order valence-electron chi connectivity index (χ0n) is 17.1. The fourth-order valence-electron chi connectivity index (χ4n) is 3.80. The molecule has 3 rings (SSSR count). The Morgan fingerprint density at radius 3 is 2.46 bits per heavy atom. The molecule has 0 bridgehead atoms. The van der Waals surface area contributed by atoms with Gasteiger partial charge in [-0.05, 0) is 48.7 Å². The molecule has 0 aliphatic carbocycles. The van der Waals surface area contributed by atoms with Crippen LogP contribution in [-0.2, 0) is 13.0 Å². The Bertz CT molecular complexity index is 806. The molecular formula is C22H32N2OS3. The molecule has 1 aromatic carbocycles. The van der Waals surface area contributed by atoms with Crippen molar-refractivity contribution in [2.24, 2.45) is 0 Å². The minimum atomic E-state index is 0.407. The van der Waals surface area contributed by atoms with E-state index < -0.39 is 0 Å². The van der Waals surface area contributed by atoms with Crippen molar-refractivity contribution in [2.45, 2.75) is 52.5 Å². The van der Waals surface area contributed by atoms with Gasteiger partial charge in [0.25, 0.3) is 0 Å². The number of nitrogens with zero attached hydrogens (tertiary/aromatic N) is 2. The zero-order valence-corrected chi connectivity index (χ0v) is 19.5. The normalized spacial score (nSPS) is 15.9. The number of aromatic hydroxyl groups is 1. The van der Waals surface area contributed by atoms with E-state index in [2.05, 4.69) is 35.8 Å². The molecule has 3 nitrogen and oxygen atoms in total. The second-order valence-electron chi connectivity index (χ2n) is 7.63. The van der Waals surface area contributed by atoms with Gasteiger partial charge in [-0.15, -0.1) is 0 Å². The van der Waals surface area contributed by atoms with Crippen LogP contribution in [0.25, 0.3) is 10.4 Å². The number of piperazine rings is 1. The van der Waals surface area contributed by atoms with Gasteiger partial charge in [0, 0.05) is 38.3 Å². The van der Waals surface area contributed by atoms with Crippen LogP contribution in [0.3, 0.4) is 0 Å². The Morgan fingerprint density at radius 1 is 1.00 bits per heavy atom. The highest BCUT2D eigenvalue weighted by atomic mass is 32.9. The third kappa shape index (κ3) is 5.63. The number of hydrogen-bond donors (Lipinski definition) is 1. The van der Waals surface area contributed by atoms with Crippen LogP contribution in [-0.4, -0.2) is 47.6 Å². The van der Waals surface area contributed by atoms with E-state index in [4.69, 9.17) is 12.2 Å². The first-order chi connectivity index (χ1) is 13.6. The smallest absolute Gasteiger partial charge is 0.120 e. The fraction of sp³-hybridized carbons (Fsp3) is 0.591. The number of benzene rings is 1. The maximum absolute atomic E-state index is 10.4. The number of likely N-dealkylation sites (N-methyl/N-ethyl adjacent to an activating group) is 1. The summed E-state index contributed by atoms with van der Waals surface area (Å²) in [6, 6.07) is 6.10. The Kier molecular flexibility index (Phi) is 8.48. The van der Waals surface area contributed by atoms with E-state index in [0.29, 0.717) is 5.75 Å². The summed E-state index contributed by atoms with van der Waals surface area (Å²) in [7, 11) is 3.51. The Balaban J connectivity index is 1.74. The average Bonchev–Trinajstić information content (AvgIpc) is 3.08. The van der Waals surface area contributed by atoms with Gasteiger partial charge in [0.05, 0.1) is 4.88 Å². The Hall–Kier alpha value is -0.790. The molecule has 1 aliphatic rings. The third-order valence-corrected chi connectivity index (χ3v) is 8.84. The van der Waals surface area contributed by atoms with Crippen LogP contribution in [0.1, 0.15) is 50.7 Å². The lowest BCUT2D eigenvalue weighted by Crippen LogP contribution is -2.45. The molecule has 2 heterocycles. The zero-order chi connectivity index (χ0) is 19.9. The first kappa shape index (κ1) is 21.9. The molecule has 28 heavy (non-hydrogen) atoms. The summed E-state index contributed by atoms with van der Waals surface area (Å²) in [4.78, 5) is 6.24. The molecule has 0 radical (unpaired) electrons. The summed E-state index contributed by atoms with van der Waals surface area (Å²) in [5.41, 5.74) is 3.58. The summed E-state index contributed by atoms with van der Waals surface area (Å²) in [5, 5.41) is 10.4. The van der Waals surface area contributed by atoms with E-state index in [1.807, 2.05) is 6.07 Å². The van der Waals surface area contributed by atoms with Gasteiger partial charge in [-0.2, -0.15) is 0 Å². The summed E-state index contributed by atoms with van der Waals surface area (Å²) in [6.45, 7) is 10.8. The molecule has 154 valence electrons. The molecule has 1 aromatic heterocycles. The quantitative estimate of drug-likeness (QED) is 0.289. The molecule has 2 aromatic rings. The van der Waals surface area contributed by atoms with E-state index in [1.165, 1.54) is 41.7 Å². The molecule has 6 heteroatoms. The van der Waals surface area contributed by atoms with Crippen molar-refractivity contribution < 1.29 is 5.11 Å². The molecule has 0 saturated carbocycles. The van der Waals surface area contributed by atoms with Gasteiger partial charge in [-0.25, -0.2) is 0 Å². The predicted octanol–water partition coefficient (Wildman–Crippen LogP) is 6.17. The molecule has 1 saturated heterocycles. The van der Waals surface area contributed by atoms with Crippen LogP contribution in [0.2, 0.25) is 0 Å². The van der Waals surface area contributed by atoms with Gasteiger partial charge in [-0.1, -0.05) is 66.0 Å². The number of hydrogen-bond acceptors (Lipinski definition) is 6. The minimum Gasteiger partial charge on any atom is -0.508 e. The minimum absolute atomic E-state index is 0.407. The SMILES string of the molecule is CCCCCCc1c(-c2ccc(O)c(CN3CCN(CC)CC3)c2)ssc1=S. The highest BCUT2D eigenvalue weighted by molar-refractivity contribution is 7.80. The molecule has 1 N–H and O–H groups in total. The number of unbranched alkanes of at least 4 members (excludes halogenated alkanes) is 3. The van der Waals surface area contributed by atoms with Crippen molar-refractivity contribution in [1.82, 2.24) is 9.80 Å². The average molecular weight is 437 g/mol. The highest BCUT2D eigenvalue weighted by Crippen LogP contribution is 2.37. The van der Waals surface area contributed by atoms with E-state index in [-0.39, 0.29) is 0 Å². The molecule has 0 spiro atoms. The lowest BCUT2D eigenvalue weighted by Gasteiger charge is -2.34. The van der Waals surface area contributed by atoms with Crippen LogP contribution in [0.5, 0.6) is 5.75 Å². The highest BCUT2D eigenvalue weighted by Gasteiger charge is 2.18. The van der Waals surface area contributed by atoms with Crippen LogP contribution in [0, 0.1) is 3.82 Å². The van der Waals surface area contributed by atoms with Crippen LogP contribution >= 0.6 is 32.9 Å². The lowest BCUT2D eigenvalue weighted by molar-refractivity contribution is 0.131. The largest absolute Gasteiger partial charge is 0.508 e. The van der Waals surface area contributed by atoms with Crippen molar-refractivity contribution in [3.63, 3.8) is 0 Å². The summed E-state index contributed by atoms with van der Waals surface area (Å²) in [6.07, 6.45) is 6.11. The van der Waals surface area contributed by atoms with Crippen molar-refractivity contribution in [1.29, 1.82) is 0 Å². The van der Waals surface area contributed by atoms with E-state index in [0.717, 1.165) is 55.1 Å². The van der Waals surface area contributed by atoms with E-state index in [1.54, 1.807) is 20.7 Å². The van der Waals surface area contributed by atoms with Gasteiger partial charge in [0.2, 0.25) is 0 Å². The Labute approximate surface area is 182 Å². The van der Waals surface area contributed by atoms with E-state index in [9.17, 15) is 5.11 Å². The second-order valence-corrected chi connectivity index (χ2v) is 10.4. The first-order valence-corrected chi connectivity index (χ1v) is 13.1. The number of phenols is 1. The van der Waals surface area contributed by atoms with Crippen LogP contribution in [0.4, 0.5) is 0 Å². The topological polar surface area (TPSA) is 26.7 Å². The fourth-order valence-corrected chi connectivity index (χ4v) is 6.80. The predicted molar refractivity (Wildman–Crippen MR) is 125 cm³/mol. The van der Waals surface area contributed by atoms with Crippen LogP contribution in [0.15, 0.2) is 18.2 Å². The lowest BCUT2D eigenvalue weighted by atomic mass is 10.0. The molecule has 0 atom stereocenters. The maximum atomic E-state index is 10.4. The van der Waals surface area contributed by atoms with Crippen molar-refractivity contribution >= 4 is 32.9 Å². The summed E-state index contributed by atoms with van der Waals surface area (Å²) < 4.78 is 1.04. The molecule has 0 amide bonds. The molecular weight excluding hydrogens is 404 g/mol. The van der Waals surface area contributed by atoms with Gasteiger partial charge >= 0.3 is 0 Å². The van der Waals surface area contributed by atoms with Crippen LogP contribution < -0.4 is 0 Å². The third-order valence-electron chi connectivity index (χ3n) is 5.65.